The Morgan fingerprint density at radius 3 is 2.62 bits per heavy atom. The fraction of sp³-hybridized carbons (Fsp3) is 0.333. The lowest BCUT2D eigenvalue weighted by Crippen LogP contribution is -2.14. The number of nitrogens with one attached hydrogen (secondary N) is 1. The molecule has 0 fully saturated rings. The summed E-state index contributed by atoms with van der Waals surface area (Å²) in [6, 6.07) is 7.17. The van der Waals surface area contributed by atoms with Crippen molar-refractivity contribution in [1.29, 1.82) is 0 Å². The number of nitrogens with zero attached hydrogens (tertiary/aromatic N) is 2. The molecular weight excluding hydrogens is 270 g/mol. The van der Waals surface area contributed by atoms with Crippen LogP contribution < -0.4 is 14.8 Å². The Kier molecular flexibility index (Phi) is 4.81. The van der Waals surface area contributed by atoms with Gasteiger partial charge in [-0.3, -0.25) is 9.48 Å². The van der Waals surface area contributed by atoms with Gasteiger partial charge in [0.25, 0.3) is 0 Å². The van der Waals surface area contributed by atoms with E-state index in [1.165, 1.54) is 0 Å². The summed E-state index contributed by atoms with van der Waals surface area (Å²) < 4.78 is 12.1. The minimum Gasteiger partial charge on any atom is -0.493 e. The number of benzene rings is 1. The molecule has 0 unspecified atom stereocenters. The summed E-state index contributed by atoms with van der Waals surface area (Å²) in [5.41, 5.74) is 1.62. The number of ether oxygens (including phenoxy) is 2. The summed E-state index contributed by atoms with van der Waals surface area (Å²) >= 11 is 0. The third-order valence-corrected chi connectivity index (χ3v) is 3.01. The SMILES string of the molecule is COc1ccc(NC(=O)CCn2ccc(C)n2)cc1OC. The summed E-state index contributed by atoms with van der Waals surface area (Å²) in [4.78, 5) is 11.9. The molecule has 1 aromatic carbocycles. The Bertz CT molecular complexity index is 622. The fourth-order valence-corrected chi connectivity index (χ4v) is 1.94. The van der Waals surface area contributed by atoms with E-state index < -0.39 is 0 Å². The third-order valence-electron chi connectivity index (χ3n) is 3.01. The van der Waals surface area contributed by atoms with E-state index in [4.69, 9.17) is 9.47 Å². The number of hydrogen-bond acceptors (Lipinski definition) is 4. The van der Waals surface area contributed by atoms with Crippen molar-refractivity contribution in [1.82, 2.24) is 9.78 Å². The van der Waals surface area contributed by atoms with Crippen molar-refractivity contribution >= 4 is 11.6 Å². The second kappa shape index (κ2) is 6.78. The Labute approximate surface area is 123 Å². The van der Waals surface area contributed by atoms with Gasteiger partial charge < -0.3 is 14.8 Å². The normalized spacial score (nSPS) is 10.2. The van der Waals surface area contributed by atoms with Crippen molar-refractivity contribution in [3.8, 4) is 11.5 Å². The van der Waals surface area contributed by atoms with E-state index in [1.807, 2.05) is 19.2 Å². The monoisotopic (exact) mass is 289 g/mol. The first kappa shape index (κ1) is 14.9. The van der Waals surface area contributed by atoms with Gasteiger partial charge in [-0.2, -0.15) is 5.10 Å². The molecule has 1 heterocycles. The standard InChI is InChI=1S/C15H19N3O3/c1-11-6-8-18(17-11)9-7-15(19)16-12-4-5-13(20-2)14(10-12)21-3/h4-6,8,10H,7,9H2,1-3H3,(H,16,19). The van der Waals surface area contributed by atoms with Crippen LogP contribution in [0.4, 0.5) is 5.69 Å². The van der Waals surface area contributed by atoms with Crippen LogP contribution in [0, 0.1) is 6.92 Å². The van der Waals surface area contributed by atoms with Crippen molar-refractivity contribution in [3.05, 3.63) is 36.2 Å². The van der Waals surface area contributed by atoms with Crippen LogP contribution in [-0.2, 0) is 11.3 Å². The minimum absolute atomic E-state index is 0.0737. The number of carbonyl (C=O) groups is 1. The topological polar surface area (TPSA) is 65.4 Å². The van der Waals surface area contributed by atoms with E-state index in [9.17, 15) is 4.79 Å². The van der Waals surface area contributed by atoms with Gasteiger partial charge in [-0.05, 0) is 25.1 Å². The van der Waals surface area contributed by atoms with E-state index in [0.29, 0.717) is 30.2 Å². The Balaban J connectivity index is 1.93. The average molecular weight is 289 g/mol. The van der Waals surface area contributed by atoms with E-state index in [1.54, 1.807) is 37.1 Å². The maximum absolute atomic E-state index is 11.9. The molecule has 1 amide bonds. The first-order chi connectivity index (χ1) is 10.1. The fourth-order valence-electron chi connectivity index (χ4n) is 1.94. The summed E-state index contributed by atoms with van der Waals surface area (Å²) in [5.74, 6) is 1.14. The molecule has 0 aliphatic carbocycles. The largest absolute Gasteiger partial charge is 0.493 e. The molecule has 0 spiro atoms. The molecular formula is C15H19N3O3. The highest BCUT2D eigenvalue weighted by molar-refractivity contribution is 5.91. The molecule has 0 aliphatic heterocycles. The van der Waals surface area contributed by atoms with Crippen LogP contribution in [0.15, 0.2) is 30.5 Å². The van der Waals surface area contributed by atoms with Crippen molar-refractivity contribution in [2.75, 3.05) is 19.5 Å². The van der Waals surface area contributed by atoms with Crippen LogP contribution in [0.5, 0.6) is 11.5 Å². The van der Waals surface area contributed by atoms with Gasteiger partial charge in [0.2, 0.25) is 5.91 Å². The van der Waals surface area contributed by atoms with E-state index in [2.05, 4.69) is 10.4 Å². The number of aryl methyl sites for hydroxylation is 2. The van der Waals surface area contributed by atoms with Gasteiger partial charge >= 0.3 is 0 Å². The molecule has 0 radical (unpaired) electrons. The summed E-state index contributed by atoms with van der Waals surface area (Å²) in [6.07, 6.45) is 2.22. The number of amides is 1. The molecule has 21 heavy (non-hydrogen) atoms. The highest BCUT2D eigenvalue weighted by Crippen LogP contribution is 2.29. The molecule has 0 aliphatic rings. The maximum Gasteiger partial charge on any atom is 0.226 e. The number of methoxy groups -OCH3 is 2. The first-order valence-electron chi connectivity index (χ1n) is 6.64. The number of hydrogen-bond donors (Lipinski definition) is 1. The van der Waals surface area contributed by atoms with E-state index in [-0.39, 0.29) is 5.91 Å². The van der Waals surface area contributed by atoms with Crippen molar-refractivity contribution in [2.45, 2.75) is 19.9 Å². The molecule has 6 nitrogen and oxygen atoms in total. The molecule has 1 aromatic heterocycles. The summed E-state index contributed by atoms with van der Waals surface area (Å²) in [5, 5.41) is 7.07. The van der Waals surface area contributed by atoms with Gasteiger partial charge in [0.1, 0.15) is 0 Å². The van der Waals surface area contributed by atoms with Gasteiger partial charge in [0.15, 0.2) is 11.5 Å². The van der Waals surface area contributed by atoms with Crippen molar-refractivity contribution < 1.29 is 14.3 Å². The third kappa shape index (κ3) is 3.98. The lowest BCUT2D eigenvalue weighted by Gasteiger charge is -2.10. The van der Waals surface area contributed by atoms with Crippen LogP contribution in [0.3, 0.4) is 0 Å². The minimum atomic E-state index is -0.0737. The van der Waals surface area contributed by atoms with Crippen LogP contribution in [0.1, 0.15) is 12.1 Å². The zero-order chi connectivity index (χ0) is 15.2. The second-order valence-corrected chi connectivity index (χ2v) is 4.59. The van der Waals surface area contributed by atoms with Gasteiger partial charge in [-0.25, -0.2) is 0 Å². The van der Waals surface area contributed by atoms with E-state index in [0.717, 1.165) is 5.69 Å². The highest BCUT2D eigenvalue weighted by Gasteiger charge is 2.07. The second-order valence-electron chi connectivity index (χ2n) is 4.59. The quantitative estimate of drug-likeness (QED) is 0.885. The lowest BCUT2D eigenvalue weighted by molar-refractivity contribution is -0.116. The van der Waals surface area contributed by atoms with Gasteiger partial charge in [0.05, 0.1) is 19.9 Å². The number of carbonyl (C=O) groups excluding carboxylic acids is 1. The van der Waals surface area contributed by atoms with Crippen LogP contribution >= 0.6 is 0 Å². The molecule has 0 bridgehead atoms. The summed E-state index contributed by atoms with van der Waals surface area (Å²) in [6.45, 7) is 2.47. The average Bonchev–Trinajstić information content (AvgIpc) is 2.90. The number of aromatic nitrogens is 2. The zero-order valence-corrected chi connectivity index (χ0v) is 12.4. The maximum atomic E-state index is 11.9. The molecule has 6 heteroatoms. The van der Waals surface area contributed by atoms with Crippen molar-refractivity contribution in [3.63, 3.8) is 0 Å². The Hall–Kier alpha value is -2.50. The molecule has 112 valence electrons. The zero-order valence-electron chi connectivity index (χ0n) is 12.4. The van der Waals surface area contributed by atoms with E-state index >= 15 is 0 Å². The van der Waals surface area contributed by atoms with Gasteiger partial charge in [-0.1, -0.05) is 0 Å². The van der Waals surface area contributed by atoms with Crippen LogP contribution in [0.2, 0.25) is 0 Å². The highest BCUT2D eigenvalue weighted by atomic mass is 16.5. The summed E-state index contributed by atoms with van der Waals surface area (Å²) in [7, 11) is 3.13. The predicted molar refractivity (Wildman–Crippen MR) is 79.8 cm³/mol. The smallest absolute Gasteiger partial charge is 0.226 e. The lowest BCUT2D eigenvalue weighted by atomic mass is 10.2. The Morgan fingerprint density at radius 1 is 1.24 bits per heavy atom. The number of anilines is 1. The van der Waals surface area contributed by atoms with Gasteiger partial charge in [0, 0.05) is 30.9 Å². The Morgan fingerprint density at radius 2 is 2.00 bits per heavy atom. The molecule has 0 atom stereocenters. The number of rotatable bonds is 6. The molecule has 0 saturated carbocycles. The molecule has 1 N–H and O–H groups in total. The molecule has 2 rings (SSSR count). The first-order valence-corrected chi connectivity index (χ1v) is 6.64. The van der Waals surface area contributed by atoms with Crippen LogP contribution in [0.25, 0.3) is 0 Å². The van der Waals surface area contributed by atoms with Crippen LogP contribution in [-0.4, -0.2) is 29.9 Å². The molecule has 2 aromatic rings. The van der Waals surface area contributed by atoms with Crippen molar-refractivity contribution in [2.24, 2.45) is 0 Å². The predicted octanol–water partition coefficient (Wildman–Crippen LogP) is 2.24. The van der Waals surface area contributed by atoms with Gasteiger partial charge in [-0.15, -0.1) is 0 Å². The molecule has 0 saturated heterocycles.